The van der Waals surface area contributed by atoms with Crippen molar-refractivity contribution in [2.45, 2.75) is 26.4 Å². The van der Waals surface area contributed by atoms with Crippen molar-refractivity contribution in [3.8, 4) is 0 Å². The molecule has 2 amide bonds. The molecule has 0 aliphatic carbocycles. The molecule has 1 aromatic heterocycles. The zero-order valence-electron chi connectivity index (χ0n) is 11.5. The summed E-state index contributed by atoms with van der Waals surface area (Å²) < 4.78 is 12.6. The Hall–Kier alpha value is -2.02. The van der Waals surface area contributed by atoms with Crippen LogP contribution >= 0.6 is 0 Å². The number of halogens is 1. The van der Waals surface area contributed by atoms with Gasteiger partial charge in [-0.15, -0.1) is 0 Å². The summed E-state index contributed by atoms with van der Waals surface area (Å²) in [6, 6.07) is 2.10. The Kier molecular flexibility index (Phi) is 6.05. The number of hydrogen-bond acceptors (Lipinski definition) is 4. The van der Waals surface area contributed by atoms with Gasteiger partial charge in [0.05, 0.1) is 31.0 Å². The van der Waals surface area contributed by atoms with Gasteiger partial charge in [-0.2, -0.15) is 0 Å². The fourth-order valence-corrected chi connectivity index (χ4v) is 1.35. The fourth-order valence-electron chi connectivity index (χ4n) is 1.35. The van der Waals surface area contributed by atoms with Crippen LogP contribution in [-0.4, -0.2) is 29.4 Å². The molecular weight excluding hydrogens is 263 g/mol. The Labute approximate surface area is 116 Å². The van der Waals surface area contributed by atoms with Crippen molar-refractivity contribution in [3.63, 3.8) is 0 Å². The molecule has 0 saturated heterocycles. The van der Waals surface area contributed by atoms with Crippen LogP contribution in [0.1, 0.15) is 19.5 Å². The van der Waals surface area contributed by atoms with E-state index in [1.54, 1.807) is 0 Å². The second-order valence-electron chi connectivity index (χ2n) is 4.73. The number of carbonyl (C=O) groups is 2. The van der Waals surface area contributed by atoms with E-state index in [9.17, 15) is 14.0 Å². The Bertz CT molecular complexity index is 462. The fraction of sp³-hybridized carbons (Fsp3) is 0.462. The number of rotatable bonds is 6. The Balaban J connectivity index is 2.30. The topological polar surface area (TPSA) is 97.1 Å². The van der Waals surface area contributed by atoms with Crippen LogP contribution in [0.4, 0.5) is 4.39 Å². The van der Waals surface area contributed by atoms with Crippen molar-refractivity contribution in [1.29, 1.82) is 0 Å². The van der Waals surface area contributed by atoms with E-state index in [2.05, 4.69) is 15.6 Å². The second kappa shape index (κ2) is 7.54. The highest BCUT2D eigenvalue weighted by atomic mass is 19.1. The number of nitrogens with zero attached hydrogens (tertiary/aromatic N) is 1. The van der Waals surface area contributed by atoms with E-state index in [4.69, 9.17) is 5.73 Å². The molecule has 0 aliphatic heterocycles. The van der Waals surface area contributed by atoms with E-state index in [1.165, 1.54) is 12.1 Å². The summed E-state index contributed by atoms with van der Waals surface area (Å²) in [6.07, 6.45) is 1.07. The first-order chi connectivity index (χ1) is 9.40. The molecule has 1 atom stereocenters. The molecule has 6 nitrogen and oxygen atoms in total. The van der Waals surface area contributed by atoms with Gasteiger partial charge >= 0.3 is 0 Å². The summed E-state index contributed by atoms with van der Waals surface area (Å²) in [5.74, 6) is -1.16. The van der Waals surface area contributed by atoms with Gasteiger partial charge in [0.1, 0.15) is 5.82 Å². The Morgan fingerprint density at radius 3 is 2.60 bits per heavy atom. The minimum absolute atomic E-state index is 0.00137. The zero-order valence-corrected chi connectivity index (χ0v) is 11.5. The maximum Gasteiger partial charge on any atom is 0.239 e. The Morgan fingerprint density at radius 2 is 2.05 bits per heavy atom. The molecule has 110 valence electrons. The molecule has 0 saturated carbocycles. The van der Waals surface area contributed by atoms with Crippen molar-refractivity contribution >= 4 is 11.8 Å². The van der Waals surface area contributed by atoms with Crippen LogP contribution in [0.15, 0.2) is 18.3 Å². The predicted octanol–water partition coefficient (Wildman–Crippen LogP) is -0.0636. The van der Waals surface area contributed by atoms with Gasteiger partial charge in [-0.25, -0.2) is 4.39 Å². The summed E-state index contributed by atoms with van der Waals surface area (Å²) in [5.41, 5.74) is 6.17. The first kappa shape index (κ1) is 16.0. The quantitative estimate of drug-likeness (QED) is 0.680. The van der Waals surface area contributed by atoms with Gasteiger partial charge in [-0.1, -0.05) is 13.8 Å². The molecule has 1 rings (SSSR count). The van der Waals surface area contributed by atoms with Crippen molar-refractivity contribution in [2.24, 2.45) is 11.7 Å². The highest BCUT2D eigenvalue weighted by Gasteiger charge is 2.17. The standard InChI is InChI=1S/C13H19FN4O2/c1-8(2)12(15)13(20)18-7-11(19)17-6-10-4-3-9(14)5-16-10/h3-5,8,12H,6-7,15H2,1-2H3,(H,17,19)(H,18,20)/t12-/m0/s1. The molecule has 0 aromatic carbocycles. The molecule has 0 unspecified atom stereocenters. The van der Waals surface area contributed by atoms with Crippen LogP contribution in [0.2, 0.25) is 0 Å². The van der Waals surface area contributed by atoms with E-state index >= 15 is 0 Å². The van der Waals surface area contributed by atoms with Crippen LogP contribution in [0.25, 0.3) is 0 Å². The number of pyridine rings is 1. The third-order valence-electron chi connectivity index (χ3n) is 2.70. The maximum atomic E-state index is 12.6. The molecule has 1 heterocycles. The number of carbonyl (C=O) groups excluding carboxylic acids is 2. The van der Waals surface area contributed by atoms with E-state index < -0.39 is 11.9 Å². The van der Waals surface area contributed by atoms with Gasteiger partial charge in [0.2, 0.25) is 11.8 Å². The summed E-state index contributed by atoms with van der Waals surface area (Å²) in [7, 11) is 0. The normalized spacial score (nSPS) is 12.1. The van der Waals surface area contributed by atoms with Crippen LogP contribution < -0.4 is 16.4 Å². The summed E-state index contributed by atoms with van der Waals surface area (Å²) in [6.45, 7) is 3.67. The molecule has 0 fully saturated rings. The molecule has 0 bridgehead atoms. The molecule has 0 radical (unpaired) electrons. The van der Waals surface area contributed by atoms with E-state index in [0.29, 0.717) is 5.69 Å². The molecule has 20 heavy (non-hydrogen) atoms. The summed E-state index contributed by atoms with van der Waals surface area (Å²) in [5, 5.41) is 5.02. The highest BCUT2D eigenvalue weighted by Crippen LogP contribution is 1.98. The van der Waals surface area contributed by atoms with Crippen LogP contribution in [0, 0.1) is 11.7 Å². The zero-order chi connectivity index (χ0) is 15.1. The van der Waals surface area contributed by atoms with Crippen LogP contribution in [0.3, 0.4) is 0 Å². The third kappa shape index (κ3) is 5.31. The van der Waals surface area contributed by atoms with Gasteiger partial charge in [-0.05, 0) is 18.1 Å². The van der Waals surface area contributed by atoms with Crippen LogP contribution in [0.5, 0.6) is 0 Å². The van der Waals surface area contributed by atoms with E-state index in [-0.39, 0.29) is 30.8 Å². The predicted molar refractivity (Wildman–Crippen MR) is 71.9 cm³/mol. The van der Waals surface area contributed by atoms with E-state index in [1.807, 2.05) is 13.8 Å². The smallest absolute Gasteiger partial charge is 0.239 e. The molecule has 7 heteroatoms. The van der Waals surface area contributed by atoms with Gasteiger partial charge in [0.15, 0.2) is 0 Å². The molecular formula is C13H19FN4O2. The first-order valence-electron chi connectivity index (χ1n) is 6.30. The van der Waals surface area contributed by atoms with E-state index in [0.717, 1.165) is 6.20 Å². The van der Waals surface area contributed by atoms with Crippen molar-refractivity contribution in [1.82, 2.24) is 15.6 Å². The highest BCUT2D eigenvalue weighted by molar-refractivity contribution is 5.87. The third-order valence-corrected chi connectivity index (χ3v) is 2.70. The molecule has 4 N–H and O–H groups in total. The van der Waals surface area contributed by atoms with Crippen molar-refractivity contribution < 1.29 is 14.0 Å². The Morgan fingerprint density at radius 1 is 1.35 bits per heavy atom. The lowest BCUT2D eigenvalue weighted by Gasteiger charge is -2.15. The van der Waals surface area contributed by atoms with Crippen LogP contribution in [-0.2, 0) is 16.1 Å². The number of amides is 2. The molecule has 1 aromatic rings. The maximum absolute atomic E-state index is 12.6. The lowest BCUT2D eigenvalue weighted by molar-refractivity contribution is -0.127. The average molecular weight is 282 g/mol. The SMILES string of the molecule is CC(C)[C@H](N)C(=O)NCC(=O)NCc1ccc(F)cn1. The molecule has 0 aliphatic rings. The number of aromatic nitrogens is 1. The van der Waals surface area contributed by atoms with Gasteiger partial charge in [0, 0.05) is 0 Å². The average Bonchev–Trinajstić information content (AvgIpc) is 2.43. The van der Waals surface area contributed by atoms with Gasteiger partial charge in [0.25, 0.3) is 0 Å². The van der Waals surface area contributed by atoms with Gasteiger partial charge < -0.3 is 16.4 Å². The van der Waals surface area contributed by atoms with Crippen molar-refractivity contribution in [2.75, 3.05) is 6.54 Å². The minimum atomic E-state index is -0.637. The van der Waals surface area contributed by atoms with Crippen molar-refractivity contribution in [3.05, 3.63) is 29.8 Å². The van der Waals surface area contributed by atoms with Gasteiger partial charge in [-0.3, -0.25) is 14.6 Å². The lowest BCUT2D eigenvalue weighted by Crippen LogP contribution is -2.47. The number of nitrogens with one attached hydrogen (secondary N) is 2. The lowest BCUT2D eigenvalue weighted by atomic mass is 10.1. The summed E-state index contributed by atoms with van der Waals surface area (Å²) in [4.78, 5) is 26.8. The minimum Gasteiger partial charge on any atom is -0.349 e. The number of hydrogen-bond donors (Lipinski definition) is 3. The first-order valence-corrected chi connectivity index (χ1v) is 6.30. The molecule has 0 spiro atoms. The summed E-state index contributed by atoms with van der Waals surface area (Å²) >= 11 is 0. The number of nitrogens with two attached hydrogens (primary N) is 1. The second-order valence-corrected chi connectivity index (χ2v) is 4.73. The monoisotopic (exact) mass is 282 g/mol. The largest absolute Gasteiger partial charge is 0.349 e.